The monoisotopic (exact) mass is 326 g/mol. The van der Waals surface area contributed by atoms with Crippen LogP contribution in [0.1, 0.15) is 31.2 Å². The maximum Gasteiger partial charge on any atom is 0.249 e. The van der Waals surface area contributed by atoms with Gasteiger partial charge in [0.2, 0.25) is 11.8 Å². The lowest BCUT2D eigenvalue weighted by atomic mass is 9.93. The molecule has 1 aliphatic carbocycles. The van der Waals surface area contributed by atoms with Crippen LogP contribution in [0.15, 0.2) is 18.2 Å². The molecule has 1 aromatic rings. The molecule has 21 heavy (non-hydrogen) atoms. The van der Waals surface area contributed by atoms with E-state index < -0.39 is 5.54 Å². The van der Waals surface area contributed by atoms with Crippen molar-refractivity contribution in [3.8, 4) is 0 Å². The number of carbonyl (C=O) groups is 2. The summed E-state index contributed by atoms with van der Waals surface area (Å²) in [6.07, 6.45) is 3.38. The molecule has 1 aromatic carbocycles. The van der Waals surface area contributed by atoms with E-state index in [1.807, 2.05) is 0 Å². The Bertz CT molecular complexity index is 597. The van der Waals surface area contributed by atoms with Crippen LogP contribution < -0.4 is 5.32 Å². The van der Waals surface area contributed by atoms with Crippen LogP contribution in [0.2, 0.25) is 10.0 Å². The number of benzene rings is 1. The molecule has 1 spiro atoms. The lowest BCUT2D eigenvalue weighted by molar-refractivity contribution is -0.150. The van der Waals surface area contributed by atoms with Crippen molar-refractivity contribution in [1.29, 1.82) is 0 Å². The van der Waals surface area contributed by atoms with Crippen LogP contribution in [0.4, 0.5) is 0 Å². The third-order valence-electron chi connectivity index (χ3n) is 4.24. The molecule has 2 aliphatic rings. The lowest BCUT2D eigenvalue weighted by Gasteiger charge is -2.39. The average molecular weight is 327 g/mol. The maximum absolute atomic E-state index is 12.7. The maximum atomic E-state index is 12.7. The van der Waals surface area contributed by atoms with Crippen molar-refractivity contribution >= 4 is 35.0 Å². The van der Waals surface area contributed by atoms with E-state index in [4.69, 9.17) is 23.2 Å². The van der Waals surface area contributed by atoms with E-state index in [1.54, 1.807) is 23.1 Å². The summed E-state index contributed by atoms with van der Waals surface area (Å²) in [5.41, 5.74) is 0.0702. The third kappa shape index (κ3) is 2.74. The van der Waals surface area contributed by atoms with E-state index in [0.717, 1.165) is 31.2 Å². The first kappa shape index (κ1) is 14.7. The minimum atomic E-state index is -0.694. The number of amides is 2. The summed E-state index contributed by atoms with van der Waals surface area (Å²) in [7, 11) is 0. The van der Waals surface area contributed by atoms with Gasteiger partial charge in [-0.05, 0) is 36.6 Å². The summed E-state index contributed by atoms with van der Waals surface area (Å²) in [5, 5.41) is 4.02. The van der Waals surface area contributed by atoms with E-state index in [2.05, 4.69) is 5.32 Å². The van der Waals surface area contributed by atoms with E-state index in [1.165, 1.54) is 0 Å². The average Bonchev–Trinajstić information content (AvgIpc) is 2.89. The molecule has 1 saturated carbocycles. The van der Waals surface area contributed by atoms with Gasteiger partial charge in [0.05, 0.1) is 6.54 Å². The second-order valence-corrected chi connectivity index (χ2v) is 6.58. The molecular formula is C15H16Cl2N2O2. The second kappa shape index (κ2) is 5.50. The van der Waals surface area contributed by atoms with Crippen LogP contribution in [0.25, 0.3) is 0 Å². The number of rotatable bonds is 2. The van der Waals surface area contributed by atoms with E-state index >= 15 is 0 Å². The van der Waals surface area contributed by atoms with Crippen molar-refractivity contribution in [3.05, 3.63) is 33.8 Å². The van der Waals surface area contributed by atoms with Gasteiger partial charge >= 0.3 is 0 Å². The molecule has 112 valence electrons. The van der Waals surface area contributed by atoms with Gasteiger partial charge in [0, 0.05) is 16.6 Å². The molecule has 1 saturated heterocycles. The Morgan fingerprint density at radius 1 is 1.19 bits per heavy atom. The molecule has 0 bridgehead atoms. The Morgan fingerprint density at radius 3 is 2.62 bits per heavy atom. The first-order valence-corrected chi connectivity index (χ1v) is 7.80. The van der Waals surface area contributed by atoms with Gasteiger partial charge in [-0.1, -0.05) is 36.0 Å². The normalized spacial score (nSPS) is 21.0. The zero-order valence-electron chi connectivity index (χ0n) is 11.5. The van der Waals surface area contributed by atoms with Gasteiger partial charge in [0.1, 0.15) is 5.54 Å². The highest BCUT2D eigenvalue weighted by molar-refractivity contribution is 6.33. The molecule has 2 amide bonds. The zero-order valence-corrected chi connectivity index (χ0v) is 13.0. The smallest absolute Gasteiger partial charge is 0.249 e. The fourth-order valence-electron chi connectivity index (χ4n) is 3.22. The zero-order chi connectivity index (χ0) is 15.0. The van der Waals surface area contributed by atoms with Gasteiger partial charge in [0.25, 0.3) is 0 Å². The van der Waals surface area contributed by atoms with Gasteiger partial charge in [-0.3, -0.25) is 9.59 Å². The van der Waals surface area contributed by atoms with Gasteiger partial charge in [-0.15, -0.1) is 0 Å². The van der Waals surface area contributed by atoms with E-state index in [0.29, 0.717) is 16.6 Å². The molecule has 1 aliphatic heterocycles. The molecule has 1 N–H and O–H groups in total. The summed E-state index contributed by atoms with van der Waals surface area (Å²) in [5.74, 6) is -0.106. The molecule has 1 heterocycles. The van der Waals surface area contributed by atoms with Crippen LogP contribution in [-0.4, -0.2) is 28.8 Å². The predicted octanol–water partition coefficient (Wildman–Crippen LogP) is 2.76. The van der Waals surface area contributed by atoms with Crippen molar-refractivity contribution in [1.82, 2.24) is 10.2 Å². The highest BCUT2D eigenvalue weighted by Gasteiger charge is 2.48. The first-order chi connectivity index (χ1) is 10.00. The van der Waals surface area contributed by atoms with E-state index in [9.17, 15) is 9.59 Å². The van der Waals surface area contributed by atoms with Crippen molar-refractivity contribution in [2.75, 3.05) is 6.54 Å². The first-order valence-electron chi connectivity index (χ1n) is 7.04. The molecular weight excluding hydrogens is 311 g/mol. The van der Waals surface area contributed by atoms with Gasteiger partial charge in [-0.25, -0.2) is 0 Å². The second-order valence-electron chi connectivity index (χ2n) is 5.73. The molecule has 0 unspecified atom stereocenters. The Hall–Kier alpha value is -1.26. The number of hydrogen-bond acceptors (Lipinski definition) is 2. The molecule has 3 rings (SSSR count). The number of piperazine rings is 1. The molecule has 6 heteroatoms. The van der Waals surface area contributed by atoms with Crippen molar-refractivity contribution in [2.24, 2.45) is 0 Å². The van der Waals surface area contributed by atoms with E-state index in [-0.39, 0.29) is 18.4 Å². The topological polar surface area (TPSA) is 49.4 Å². The number of hydrogen-bond donors (Lipinski definition) is 1. The quantitative estimate of drug-likeness (QED) is 0.908. The highest BCUT2D eigenvalue weighted by atomic mass is 35.5. The van der Waals surface area contributed by atoms with Crippen LogP contribution in [0.5, 0.6) is 0 Å². The Labute approximate surface area is 133 Å². The highest BCUT2D eigenvalue weighted by Crippen LogP contribution is 2.34. The van der Waals surface area contributed by atoms with Crippen LogP contribution >= 0.6 is 23.2 Å². The molecule has 0 radical (unpaired) electrons. The SMILES string of the molecule is O=C1CN(Cc2cc(Cl)ccc2Cl)C(=O)C2(CCCC2)N1. The Kier molecular flexibility index (Phi) is 3.84. The largest absolute Gasteiger partial charge is 0.340 e. The number of nitrogens with zero attached hydrogens (tertiary/aromatic N) is 1. The Morgan fingerprint density at radius 2 is 1.90 bits per heavy atom. The molecule has 0 aromatic heterocycles. The molecule has 0 atom stereocenters. The van der Waals surface area contributed by atoms with Crippen LogP contribution in [0.3, 0.4) is 0 Å². The lowest BCUT2D eigenvalue weighted by Crippen LogP contribution is -2.65. The number of carbonyl (C=O) groups excluding carboxylic acids is 2. The summed E-state index contributed by atoms with van der Waals surface area (Å²) in [4.78, 5) is 26.3. The number of halogens is 2. The van der Waals surface area contributed by atoms with Gasteiger partial charge in [0.15, 0.2) is 0 Å². The standard InChI is InChI=1S/C15H16Cl2N2O2/c16-11-3-4-12(17)10(7-11)8-19-9-13(20)18-15(14(19)21)5-1-2-6-15/h3-4,7H,1-2,5-6,8-9H2,(H,18,20). The van der Waals surface area contributed by atoms with Gasteiger partial charge in [-0.2, -0.15) is 0 Å². The van der Waals surface area contributed by atoms with Crippen molar-refractivity contribution in [3.63, 3.8) is 0 Å². The molecule has 4 nitrogen and oxygen atoms in total. The summed E-state index contributed by atoms with van der Waals surface area (Å²) in [6.45, 7) is 0.386. The minimum absolute atomic E-state index is 0.00404. The Balaban J connectivity index is 1.85. The minimum Gasteiger partial charge on any atom is -0.340 e. The summed E-state index contributed by atoms with van der Waals surface area (Å²) >= 11 is 12.1. The molecule has 2 fully saturated rings. The fourth-order valence-corrected chi connectivity index (χ4v) is 3.59. The van der Waals surface area contributed by atoms with Crippen LogP contribution in [-0.2, 0) is 16.1 Å². The van der Waals surface area contributed by atoms with Crippen LogP contribution in [0, 0.1) is 0 Å². The van der Waals surface area contributed by atoms with Crippen molar-refractivity contribution in [2.45, 2.75) is 37.8 Å². The summed E-state index contributed by atoms with van der Waals surface area (Å²) in [6, 6.07) is 5.15. The van der Waals surface area contributed by atoms with Gasteiger partial charge < -0.3 is 10.2 Å². The summed E-state index contributed by atoms with van der Waals surface area (Å²) < 4.78 is 0. The predicted molar refractivity (Wildman–Crippen MR) is 81.2 cm³/mol. The number of nitrogens with one attached hydrogen (secondary N) is 1. The van der Waals surface area contributed by atoms with Crippen molar-refractivity contribution < 1.29 is 9.59 Å². The third-order valence-corrected chi connectivity index (χ3v) is 4.84. The fraction of sp³-hybridized carbons (Fsp3) is 0.467.